The van der Waals surface area contributed by atoms with E-state index in [4.69, 9.17) is 9.47 Å². The van der Waals surface area contributed by atoms with Gasteiger partial charge in [-0.05, 0) is 30.5 Å². The van der Waals surface area contributed by atoms with E-state index in [-0.39, 0.29) is 36.0 Å². The number of para-hydroxylation sites is 1. The normalized spacial score (nSPS) is 19.2. The minimum atomic E-state index is -3.20. The van der Waals surface area contributed by atoms with E-state index in [2.05, 4.69) is 5.32 Å². The van der Waals surface area contributed by atoms with Gasteiger partial charge in [-0.15, -0.1) is 11.3 Å². The maximum Gasteiger partial charge on any atom is 0.341 e. The summed E-state index contributed by atoms with van der Waals surface area (Å²) in [7, 11) is -3.20. The molecule has 1 atom stereocenters. The number of nitrogens with one attached hydrogen (secondary N) is 1. The van der Waals surface area contributed by atoms with Gasteiger partial charge in [-0.2, -0.15) is 0 Å². The van der Waals surface area contributed by atoms with E-state index in [1.165, 1.54) is 0 Å². The van der Waals surface area contributed by atoms with Gasteiger partial charge in [0, 0.05) is 11.3 Å². The highest BCUT2D eigenvalue weighted by atomic mass is 32.2. The molecule has 1 N–H and O–H groups in total. The van der Waals surface area contributed by atoms with Crippen LogP contribution < -0.4 is 10.1 Å². The Balaban J connectivity index is 1.61. The third-order valence-corrected chi connectivity index (χ3v) is 7.65. The fourth-order valence-corrected chi connectivity index (χ4v) is 6.49. The van der Waals surface area contributed by atoms with E-state index in [0.29, 0.717) is 27.6 Å². The molecule has 0 bridgehead atoms. The number of carbonyl (C=O) groups is 2. The molecule has 4 rings (SSSR count). The summed E-state index contributed by atoms with van der Waals surface area (Å²) in [6.45, 7) is 1.89. The van der Waals surface area contributed by atoms with E-state index in [0.717, 1.165) is 16.9 Å². The maximum absolute atomic E-state index is 12.8. The Bertz CT molecular complexity index is 1030. The molecule has 0 saturated carbocycles. The van der Waals surface area contributed by atoms with E-state index in [9.17, 15) is 18.0 Å². The molecule has 7 nitrogen and oxygen atoms in total. The monoisotopic (exact) mass is 421 g/mol. The van der Waals surface area contributed by atoms with Crippen molar-refractivity contribution < 1.29 is 27.5 Å². The standard InChI is InChI=1S/C19H19NO6S2/c1-2-25-19(22)16-12-7-8-28(23,24)10-15(12)27-18(16)20-17(21)14-9-11-5-3-4-6-13(11)26-14/h3-6,14H,2,7-10H2,1H3,(H,20,21). The number of thiophene rings is 1. The fourth-order valence-electron chi connectivity index (χ4n) is 3.45. The van der Waals surface area contributed by atoms with E-state index in [1.54, 1.807) is 13.0 Å². The Labute approximate surface area is 166 Å². The number of anilines is 1. The number of esters is 1. The topological polar surface area (TPSA) is 98.8 Å². The highest BCUT2D eigenvalue weighted by molar-refractivity contribution is 7.90. The Morgan fingerprint density at radius 3 is 2.86 bits per heavy atom. The summed E-state index contributed by atoms with van der Waals surface area (Å²) in [5.74, 6) is -0.392. The number of ether oxygens (including phenoxy) is 2. The lowest BCUT2D eigenvalue weighted by atomic mass is 10.1. The van der Waals surface area contributed by atoms with Crippen LogP contribution in [-0.2, 0) is 38.0 Å². The van der Waals surface area contributed by atoms with Gasteiger partial charge in [0.15, 0.2) is 15.9 Å². The van der Waals surface area contributed by atoms with Gasteiger partial charge >= 0.3 is 5.97 Å². The van der Waals surface area contributed by atoms with Crippen molar-refractivity contribution in [2.75, 3.05) is 17.7 Å². The average Bonchev–Trinajstić information content (AvgIpc) is 3.21. The van der Waals surface area contributed by atoms with Crippen molar-refractivity contribution in [2.24, 2.45) is 0 Å². The summed E-state index contributed by atoms with van der Waals surface area (Å²) in [4.78, 5) is 25.8. The Hall–Kier alpha value is -2.39. The molecule has 0 fully saturated rings. The molecule has 0 spiro atoms. The minimum Gasteiger partial charge on any atom is -0.480 e. The third kappa shape index (κ3) is 3.51. The van der Waals surface area contributed by atoms with Crippen molar-refractivity contribution in [3.63, 3.8) is 0 Å². The first-order valence-electron chi connectivity index (χ1n) is 8.95. The zero-order valence-corrected chi connectivity index (χ0v) is 16.8. The highest BCUT2D eigenvalue weighted by Gasteiger charge is 2.34. The third-order valence-electron chi connectivity index (χ3n) is 4.76. The molecule has 1 aromatic heterocycles. The summed E-state index contributed by atoms with van der Waals surface area (Å²) in [6, 6.07) is 7.43. The van der Waals surface area contributed by atoms with Gasteiger partial charge in [0.05, 0.1) is 23.7 Å². The summed E-state index contributed by atoms with van der Waals surface area (Å²) in [6.07, 6.45) is -0.0185. The number of amides is 1. The van der Waals surface area contributed by atoms with Crippen LogP contribution in [0.15, 0.2) is 24.3 Å². The van der Waals surface area contributed by atoms with Crippen molar-refractivity contribution in [1.29, 1.82) is 0 Å². The number of fused-ring (bicyclic) bond motifs is 2. The highest BCUT2D eigenvalue weighted by Crippen LogP contribution is 2.39. The lowest BCUT2D eigenvalue weighted by Gasteiger charge is -2.14. The van der Waals surface area contributed by atoms with E-state index >= 15 is 0 Å². The van der Waals surface area contributed by atoms with Crippen LogP contribution in [0.3, 0.4) is 0 Å². The molecular weight excluding hydrogens is 402 g/mol. The van der Waals surface area contributed by atoms with Crippen molar-refractivity contribution >= 4 is 38.1 Å². The Kier molecular flexibility index (Phi) is 4.88. The number of sulfone groups is 1. The molecule has 0 saturated heterocycles. The molecular formula is C19H19NO6S2. The van der Waals surface area contributed by atoms with Crippen LogP contribution in [0, 0.1) is 0 Å². The summed E-state index contributed by atoms with van der Waals surface area (Å²) in [5.41, 5.74) is 1.87. The molecule has 28 heavy (non-hydrogen) atoms. The molecule has 2 aliphatic rings. The summed E-state index contributed by atoms with van der Waals surface area (Å²) in [5, 5.41) is 3.09. The molecule has 2 aliphatic heterocycles. The number of rotatable bonds is 4. The average molecular weight is 421 g/mol. The van der Waals surface area contributed by atoms with Crippen molar-refractivity contribution in [1.82, 2.24) is 0 Å². The van der Waals surface area contributed by atoms with Crippen LogP contribution >= 0.6 is 11.3 Å². The molecule has 0 aliphatic carbocycles. The maximum atomic E-state index is 12.8. The Morgan fingerprint density at radius 2 is 2.11 bits per heavy atom. The number of hydrogen-bond acceptors (Lipinski definition) is 7. The first-order chi connectivity index (χ1) is 13.4. The molecule has 1 aromatic carbocycles. The van der Waals surface area contributed by atoms with Crippen LogP contribution in [0.4, 0.5) is 5.00 Å². The quantitative estimate of drug-likeness (QED) is 0.761. The molecule has 1 unspecified atom stereocenters. The summed E-state index contributed by atoms with van der Waals surface area (Å²) >= 11 is 1.12. The van der Waals surface area contributed by atoms with Crippen LogP contribution in [0.25, 0.3) is 0 Å². The lowest BCUT2D eigenvalue weighted by Crippen LogP contribution is -2.31. The zero-order valence-electron chi connectivity index (χ0n) is 15.2. The SMILES string of the molecule is CCOC(=O)c1c(NC(=O)C2Cc3ccccc3O2)sc2c1CCS(=O)(=O)C2. The predicted octanol–water partition coefficient (Wildman–Crippen LogP) is 2.34. The van der Waals surface area contributed by atoms with Gasteiger partial charge in [0.25, 0.3) is 5.91 Å². The van der Waals surface area contributed by atoms with Gasteiger partial charge in [-0.1, -0.05) is 18.2 Å². The van der Waals surface area contributed by atoms with Crippen LogP contribution in [0.5, 0.6) is 5.75 Å². The molecule has 148 valence electrons. The van der Waals surface area contributed by atoms with Crippen LogP contribution in [0.2, 0.25) is 0 Å². The van der Waals surface area contributed by atoms with Gasteiger partial charge in [-0.3, -0.25) is 4.79 Å². The first kappa shape index (κ1) is 18.9. The van der Waals surface area contributed by atoms with Gasteiger partial charge in [0.2, 0.25) is 0 Å². The number of benzene rings is 1. The first-order valence-corrected chi connectivity index (χ1v) is 11.6. The fraction of sp³-hybridized carbons (Fsp3) is 0.368. The van der Waals surface area contributed by atoms with Crippen molar-refractivity contribution in [2.45, 2.75) is 31.6 Å². The van der Waals surface area contributed by atoms with Gasteiger partial charge < -0.3 is 14.8 Å². The second kappa shape index (κ2) is 7.21. The molecule has 1 amide bonds. The number of carbonyl (C=O) groups excluding carboxylic acids is 2. The van der Waals surface area contributed by atoms with E-state index in [1.807, 2.05) is 18.2 Å². The van der Waals surface area contributed by atoms with Crippen molar-refractivity contribution in [3.05, 3.63) is 45.8 Å². The van der Waals surface area contributed by atoms with Crippen LogP contribution in [0.1, 0.15) is 33.3 Å². The minimum absolute atomic E-state index is 0.0163. The largest absolute Gasteiger partial charge is 0.480 e. The van der Waals surface area contributed by atoms with E-state index < -0.39 is 21.9 Å². The molecule has 3 heterocycles. The smallest absolute Gasteiger partial charge is 0.341 e. The Morgan fingerprint density at radius 1 is 1.32 bits per heavy atom. The predicted molar refractivity (Wildman–Crippen MR) is 105 cm³/mol. The van der Waals surface area contributed by atoms with Gasteiger partial charge in [0.1, 0.15) is 10.8 Å². The molecule has 9 heteroatoms. The summed E-state index contributed by atoms with van der Waals surface area (Å²) < 4.78 is 34.8. The van der Waals surface area contributed by atoms with Gasteiger partial charge in [-0.25, -0.2) is 13.2 Å². The lowest BCUT2D eigenvalue weighted by molar-refractivity contribution is -0.122. The van der Waals surface area contributed by atoms with Crippen molar-refractivity contribution in [3.8, 4) is 5.75 Å². The second-order valence-electron chi connectivity index (χ2n) is 6.68. The zero-order chi connectivity index (χ0) is 19.9. The molecule has 2 aromatic rings. The molecule has 0 radical (unpaired) electrons. The number of hydrogen-bond donors (Lipinski definition) is 1. The second-order valence-corrected chi connectivity index (χ2v) is 9.97. The van der Waals surface area contributed by atoms with Crippen LogP contribution in [-0.4, -0.2) is 38.8 Å².